The van der Waals surface area contributed by atoms with E-state index in [4.69, 9.17) is 4.74 Å². The van der Waals surface area contributed by atoms with Gasteiger partial charge in [-0.15, -0.1) is 0 Å². The van der Waals surface area contributed by atoms with E-state index in [1.807, 2.05) is 48.5 Å². The number of hydrogen-bond donors (Lipinski definition) is 2. The van der Waals surface area contributed by atoms with Crippen molar-refractivity contribution in [2.75, 3.05) is 19.0 Å². The number of fused-ring (bicyclic) bond motifs is 1. The van der Waals surface area contributed by atoms with Crippen molar-refractivity contribution < 1.29 is 9.84 Å². The van der Waals surface area contributed by atoms with Crippen LogP contribution in [0.2, 0.25) is 0 Å². The largest absolute Gasteiger partial charge is 0.497 e. The molecule has 1 unspecified atom stereocenters. The summed E-state index contributed by atoms with van der Waals surface area (Å²) in [4.78, 5) is 4.38. The standard InChI is InChI=1S/C18H17BrN2O2/c1-23-13-7-5-12(6-8-13)17(22)11-21-16-9-10-20-18-14(16)3-2-4-15(18)19/h2-10,17,22H,11H2,1H3,(H,20,21). The van der Waals surface area contributed by atoms with Crippen LogP contribution in [0.1, 0.15) is 11.7 Å². The number of nitrogens with one attached hydrogen (secondary N) is 1. The summed E-state index contributed by atoms with van der Waals surface area (Å²) in [5.74, 6) is 0.777. The number of methoxy groups -OCH3 is 1. The molecule has 3 aromatic rings. The molecule has 0 fully saturated rings. The molecule has 1 heterocycles. The SMILES string of the molecule is COc1ccc(C(O)CNc2ccnc3c(Br)cccc23)cc1. The number of aromatic nitrogens is 1. The third-order valence-electron chi connectivity index (χ3n) is 3.71. The Labute approximate surface area is 143 Å². The zero-order chi connectivity index (χ0) is 16.2. The fraction of sp³-hybridized carbons (Fsp3) is 0.167. The smallest absolute Gasteiger partial charge is 0.118 e. The quantitative estimate of drug-likeness (QED) is 0.706. The van der Waals surface area contributed by atoms with Gasteiger partial charge in [0.1, 0.15) is 5.75 Å². The summed E-state index contributed by atoms with van der Waals surface area (Å²) < 4.78 is 6.08. The second-order valence-electron chi connectivity index (χ2n) is 5.16. The second kappa shape index (κ2) is 6.98. The van der Waals surface area contributed by atoms with Gasteiger partial charge in [0.25, 0.3) is 0 Å². The second-order valence-corrected chi connectivity index (χ2v) is 6.02. The van der Waals surface area contributed by atoms with E-state index in [0.29, 0.717) is 6.54 Å². The fourth-order valence-electron chi connectivity index (χ4n) is 2.44. The van der Waals surface area contributed by atoms with Crippen molar-refractivity contribution >= 4 is 32.5 Å². The third kappa shape index (κ3) is 3.46. The van der Waals surface area contributed by atoms with Crippen LogP contribution >= 0.6 is 15.9 Å². The van der Waals surface area contributed by atoms with E-state index in [1.54, 1.807) is 13.3 Å². The highest BCUT2D eigenvalue weighted by Gasteiger charge is 2.09. The summed E-state index contributed by atoms with van der Waals surface area (Å²) in [7, 11) is 1.62. The molecule has 0 aliphatic rings. The molecule has 2 aromatic carbocycles. The van der Waals surface area contributed by atoms with E-state index in [0.717, 1.165) is 32.4 Å². The predicted molar refractivity (Wildman–Crippen MR) is 95.9 cm³/mol. The molecule has 5 heteroatoms. The van der Waals surface area contributed by atoms with Gasteiger partial charge in [-0.2, -0.15) is 0 Å². The van der Waals surface area contributed by atoms with E-state index >= 15 is 0 Å². The first-order valence-electron chi connectivity index (χ1n) is 7.28. The first-order valence-corrected chi connectivity index (χ1v) is 8.07. The van der Waals surface area contributed by atoms with Crippen LogP contribution in [-0.4, -0.2) is 23.7 Å². The van der Waals surface area contributed by atoms with Crippen molar-refractivity contribution in [3.05, 3.63) is 64.8 Å². The Bertz CT molecular complexity index is 806. The van der Waals surface area contributed by atoms with Crippen molar-refractivity contribution in [2.45, 2.75) is 6.10 Å². The lowest BCUT2D eigenvalue weighted by molar-refractivity contribution is 0.191. The average Bonchev–Trinajstić information content (AvgIpc) is 2.60. The Kier molecular flexibility index (Phi) is 4.79. The number of anilines is 1. The highest BCUT2D eigenvalue weighted by molar-refractivity contribution is 9.10. The molecule has 1 aromatic heterocycles. The fourth-order valence-corrected chi connectivity index (χ4v) is 2.91. The van der Waals surface area contributed by atoms with E-state index in [9.17, 15) is 5.11 Å². The molecule has 118 valence electrons. The monoisotopic (exact) mass is 372 g/mol. The predicted octanol–water partition coefficient (Wildman–Crippen LogP) is 4.15. The van der Waals surface area contributed by atoms with Gasteiger partial charge in [-0.3, -0.25) is 4.98 Å². The molecule has 0 saturated carbocycles. The van der Waals surface area contributed by atoms with Crippen molar-refractivity contribution in [1.82, 2.24) is 4.98 Å². The van der Waals surface area contributed by atoms with Crippen LogP contribution in [0, 0.1) is 0 Å². The summed E-state index contributed by atoms with van der Waals surface area (Å²) in [6.07, 6.45) is 1.16. The number of aliphatic hydroxyl groups excluding tert-OH is 1. The maximum absolute atomic E-state index is 10.3. The van der Waals surface area contributed by atoms with Gasteiger partial charge in [-0.25, -0.2) is 0 Å². The lowest BCUT2D eigenvalue weighted by atomic mass is 10.1. The van der Waals surface area contributed by atoms with Crippen molar-refractivity contribution in [3.63, 3.8) is 0 Å². The third-order valence-corrected chi connectivity index (χ3v) is 4.35. The summed E-state index contributed by atoms with van der Waals surface area (Å²) in [5.41, 5.74) is 2.69. The van der Waals surface area contributed by atoms with Gasteiger partial charge in [-0.1, -0.05) is 24.3 Å². The summed E-state index contributed by atoms with van der Waals surface area (Å²) in [6.45, 7) is 0.415. The molecule has 0 radical (unpaired) electrons. The minimum absolute atomic E-state index is 0.415. The van der Waals surface area contributed by atoms with Gasteiger partial charge in [-0.05, 0) is 45.8 Å². The minimum atomic E-state index is -0.601. The average molecular weight is 373 g/mol. The van der Waals surface area contributed by atoms with E-state index in [1.165, 1.54) is 0 Å². The molecule has 4 nitrogen and oxygen atoms in total. The van der Waals surface area contributed by atoms with Gasteiger partial charge in [0.15, 0.2) is 0 Å². The summed E-state index contributed by atoms with van der Waals surface area (Å²) in [5, 5.41) is 14.7. The molecule has 0 aliphatic heterocycles. The lowest BCUT2D eigenvalue weighted by Crippen LogP contribution is -2.12. The van der Waals surface area contributed by atoms with Crippen molar-refractivity contribution in [2.24, 2.45) is 0 Å². The zero-order valence-electron chi connectivity index (χ0n) is 12.7. The number of halogens is 1. The van der Waals surface area contributed by atoms with E-state index in [-0.39, 0.29) is 0 Å². The number of rotatable bonds is 5. The molecule has 0 amide bonds. The van der Waals surface area contributed by atoms with Gasteiger partial charge in [0.2, 0.25) is 0 Å². The molecule has 0 bridgehead atoms. The van der Waals surface area contributed by atoms with E-state index in [2.05, 4.69) is 26.2 Å². The Balaban J connectivity index is 1.76. The van der Waals surface area contributed by atoms with Gasteiger partial charge in [0.05, 0.1) is 18.7 Å². The van der Waals surface area contributed by atoms with Gasteiger partial charge < -0.3 is 15.2 Å². The molecule has 3 rings (SSSR count). The maximum Gasteiger partial charge on any atom is 0.118 e. The van der Waals surface area contributed by atoms with Crippen LogP contribution in [0.5, 0.6) is 5.75 Å². The topological polar surface area (TPSA) is 54.4 Å². The Morgan fingerprint density at radius 2 is 1.96 bits per heavy atom. The molecule has 23 heavy (non-hydrogen) atoms. The number of ether oxygens (including phenoxy) is 1. The van der Waals surface area contributed by atoms with Crippen LogP contribution in [0.4, 0.5) is 5.69 Å². The van der Waals surface area contributed by atoms with Crippen LogP contribution in [0.15, 0.2) is 59.2 Å². The Hall–Kier alpha value is -2.11. The highest BCUT2D eigenvalue weighted by atomic mass is 79.9. The molecule has 0 spiro atoms. The molecular weight excluding hydrogens is 356 g/mol. The van der Waals surface area contributed by atoms with Crippen molar-refractivity contribution in [3.8, 4) is 5.75 Å². The highest BCUT2D eigenvalue weighted by Crippen LogP contribution is 2.28. The van der Waals surface area contributed by atoms with Crippen LogP contribution < -0.4 is 10.1 Å². The Morgan fingerprint density at radius 3 is 2.70 bits per heavy atom. The van der Waals surface area contributed by atoms with Gasteiger partial charge >= 0.3 is 0 Å². The maximum atomic E-state index is 10.3. The number of benzene rings is 2. The number of hydrogen-bond acceptors (Lipinski definition) is 4. The Morgan fingerprint density at radius 1 is 1.17 bits per heavy atom. The lowest BCUT2D eigenvalue weighted by Gasteiger charge is -2.15. The van der Waals surface area contributed by atoms with Crippen LogP contribution in [0.25, 0.3) is 10.9 Å². The molecule has 0 saturated heterocycles. The first kappa shape index (κ1) is 15.8. The molecule has 1 atom stereocenters. The molecule has 0 aliphatic carbocycles. The summed E-state index contributed by atoms with van der Waals surface area (Å²) >= 11 is 3.51. The zero-order valence-corrected chi connectivity index (χ0v) is 14.2. The van der Waals surface area contributed by atoms with Gasteiger partial charge in [0, 0.05) is 28.3 Å². The van der Waals surface area contributed by atoms with E-state index < -0.39 is 6.10 Å². The number of para-hydroxylation sites is 1. The van der Waals surface area contributed by atoms with Crippen molar-refractivity contribution in [1.29, 1.82) is 0 Å². The number of aliphatic hydroxyl groups is 1. The minimum Gasteiger partial charge on any atom is -0.497 e. The van der Waals surface area contributed by atoms with Crippen LogP contribution in [0.3, 0.4) is 0 Å². The normalized spacial score (nSPS) is 12.1. The number of nitrogens with zero attached hydrogens (tertiary/aromatic N) is 1. The summed E-state index contributed by atoms with van der Waals surface area (Å²) in [6, 6.07) is 15.3. The molecule has 2 N–H and O–H groups in total. The molecular formula is C18H17BrN2O2. The van der Waals surface area contributed by atoms with Crippen LogP contribution in [-0.2, 0) is 0 Å². The number of pyridine rings is 1. The first-order chi connectivity index (χ1) is 11.2.